The van der Waals surface area contributed by atoms with Crippen LogP contribution in [0.15, 0.2) is 36.7 Å². The van der Waals surface area contributed by atoms with Crippen LogP contribution in [0.1, 0.15) is 16.8 Å². The van der Waals surface area contributed by atoms with Crippen molar-refractivity contribution < 1.29 is 4.79 Å². The van der Waals surface area contributed by atoms with Gasteiger partial charge in [-0.25, -0.2) is 0 Å². The Bertz CT molecular complexity index is 525. The summed E-state index contributed by atoms with van der Waals surface area (Å²) < 4.78 is 0. The molecule has 0 aliphatic rings. The first-order valence-corrected chi connectivity index (χ1v) is 5.63. The lowest BCUT2D eigenvalue weighted by molar-refractivity contribution is 0.0953. The predicted molar refractivity (Wildman–Crippen MR) is 67.7 cm³/mol. The zero-order valence-corrected chi connectivity index (χ0v) is 9.52. The van der Waals surface area contributed by atoms with Gasteiger partial charge in [0.2, 0.25) is 0 Å². The molecule has 0 spiro atoms. The van der Waals surface area contributed by atoms with Gasteiger partial charge in [-0.15, -0.1) is 0 Å². The fraction of sp³-hybridized carbons (Fsp3) is 0.231. The first-order valence-electron chi connectivity index (χ1n) is 5.63. The summed E-state index contributed by atoms with van der Waals surface area (Å²) in [5.74, 6) is -0.0582. The Balaban J connectivity index is 2.15. The number of rotatable bonds is 4. The molecule has 1 amide bonds. The lowest BCUT2D eigenvalue weighted by Gasteiger charge is -2.05. The van der Waals surface area contributed by atoms with Crippen molar-refractivity contribution in [3.63, 3.8) is 0 Å². The predicted octanol–water partition coefficient (Wildman–Crippen LogP) is 1.31. The number of nitrogens with zero attached hydrogens (tertiary/aromatic N) is 1. The molecule has 2 rings (SSSR count). The number of hydrogen-bond donors (Lipinski definition) is 2. The summed E-state index contributed by atoms with van der Waals surface area (Å²) in [5.41, 5.74) is 6.04. The Morgan fingerprint density at radius 2 is 2.18 bits per heavy atom. The molecule has 88 valence electrons. The number of aromatic nitrogens is 1. The molecular weight excluding hydrogens is 214 g/mol. The van der Waals surface area contributed by atoms with E-state index in [2.05, 4.69) is 10.3 Å². The van der Waals surface area contributed by atoms with Gasteiger partial charge in [0, 0.05) is 29.9 Å². The highest BCUT2D eigenvalue weighted by atomic mass is 16.1. The summed E-state index contributed by atoms with van der Waals surface area (Å²) in [7, 11) is 0. The van der Waals surface area contributed by atoms with Gasteiger partial charge >= 0.3 is 0 Å². The lowest BCUT2D eigenvalue weighted by Crippen LogP contribution is -2.25. The Labute approximate surface area is 99.8 Å². The standard InChI is InChI=1S/C13H15N3O/c14-5-1-6-16-13(17)11-2-3-12-9-15-7-4-10(12)8-11/h2-4,7-9H,1,5-6,14H2,(H,16,17). The van der Waals surface area contributed by atoms with Crippen molar-refractivity contribution in [2.75, 3.05) is 13.1 Å². The van der Waals surface area contributed by atoms with Crippen molar-refractivity contribution in [2.45, 2.75) is 6.42 Å². The molecule has 1 aromatic heterocycles. The van der Waals surface area contributed by atoms with Gasteiger partial charge < -0.3 is 11.1 Å². The molecule has 4 nitrogen and oxygen atoms in total. The van der Waals surface area contributed by atoms with Crippen molar-refractivity contribution in [1.29, 1.82) is 0 Å². The van der Waals surface area contributed by atoms with Crippen molar-refractivity contribution in [3.05, 3.63) is 42.2 Å². The van der Waals surface area contributed by atoms with Gasteiger partial charge in [0.25, 0.3) is 5.91 Å². The van der Waals surface area contributed by atoms with E-state index in [1.165, 1.54) is 0 Å². The largest absolute Gasteiger partial charge is 0.352 e. The number of nitrogens with two attached hydrogens (primary N) is 1. The maximum atomic E-state index is 11.8. The summed E-state index contributed by atoms with van der Waals surface area (Å²) in [6.45, 7) is 1.20. The Morgan fingerprint density at radius 3 is 3.00 bits per heavy atom. The van der Waals surface area contributed by atoms with Gasteiger partial charge in [-0.05, 0) is 36.6 Å². The maximum absolute atomic E-state index is 11.8. The number of carbonyl (C=O) groups is 1. The van der Waals surface area contributed by atoms with Crippen LogP contribution in [0.2, 0.25) is 0 Å². The number of carbonyl (C=O) groups excluding carboxylic acids is 1. The van der Waals surface area contributed by atoms with Gasteiger partial charge in [0.15, 0.2) is 0 Å². The third kappa shape index (κ3) is 2.79. The molecule has 17 heavy (non-hydrogen) atoms. The highest BCUT2D eigenvalue weighted by Gasteiger charge is 2.05. The van der Waals surface area contributed by atoms with E-state index in [-0.39, 0.29) is 5.91 Å². The first kappa shape index (κ1) is 11.5. The van der Waals surface area contributed by atoms with E-state index < -0.39 is 0 Å². The molecule has 0 unspecified atom stereocenters. The second-order valence-corrected chi connectivity index (χ2v) is 3.84. The van der Waals surface area contributed by atoms with Crippen LogP contribution in [0, 0.1) is 0 Å². The molecule has 0 aliphatic heterocycles. The summed E-state index contributed by atoms with van der Waals surface area (Å²) >= 11 is 0. The quantitative estimate of drug-likeness (QED) is 0.777. The lowest BCUT2D eigenvalue weighted by atomic mass is 10.1. The van der Waals surface area contributed by atoms with E-state index in [1.54, 1.807) is 12.4 Å². The van der Waals surface area contributed by atoms with Crippen LogP contribution in [0.4, 0.5) is 0 Å². The molecule has 3 N–H and O–H groups in total. The highest BCUT2D eigenvalue weighted by Crippen LogP contribution is 2.14. The van der Waals surface area contributed by atoms with Crippen LogP contribution >= 0.6 is 0 Å². The van der Waals surface area contributed by atoms with E-state index in [1.807, 2.05) is 24.3 Å². The molecule has 4 heteroatoms. The fourth-order valence-electron chi connectivity index (χ4n) is 1.63. The monoisotopic (exact) mass is 229 g/mol. The van der Waals surface area contributed by atoms with Crippen LogP contribution in [0.25, 0.3) is 10.8 Å². The average Bonchev–Trinajstić information content (AvgIpc) is 2.38. The molecule has 1 aromatic carbocycles. The molecule has 0 saturated heterocycles. The fourth-order valence-corrected chi connectivity index (χ4v) is 1.63. The minimum absolute atomic E-state index is 0.0582. The number of amides is 1. The first-order chi connectivity index (χ1) is 8.31. The van der Waals surface area contributed by atoms with Gasteiger partial charge in [-0.2, -0.15) is 0 Å². The number of benzene rings is 1. The molecule has 0 saturated carbocycles. The third-order valence-corrected chi connectivity index (χ3v) is 2.57. The Kier molecular flexibility index (Phi) is 3.67. The summed E-state index contributed by atoms with van der Waals surface area (Å²) in [5, 5.41) is 4.88. The molecule has 0 aliphatic carbocycles. The van der Waals surface area contributed by atoms with Crippen LogP contribution in [0.3, 0.4) is 0 Å². The molecule has 0 atom stereocenters. The molecule has 0 bridgehead atoms. The summed E-state index contributed by atoms with van der Waals surface area (Å²) in [6, 6.07) is 7.47. The zero-order valence-electron chi connectivity index (χ0n) is 9.52. The number of hydrogen-bond acceptors (Lipinski definition) is 3. The van der Waals surface area contributed by atoms with Crippen molar-refractivity contribution >= 4 is 16.7 Å². The maximum Gasteiger partial charge on any atom is 0.251 e. The smallest absolute Gasteiger partial charge is 0.251 e. The van der Waals surface area contributed by atoms with Crippen molar-refractivity contribution in [1.82, 2.24) is 10.3 Å². The zero-order chi connectivity index (χ0) is 12.1. The summed E-state index contributed by atoms with van der Waals surface area (Å²) in [6.07, 6.45) is 4.30. The molecular formula is C13H15N3O. The minimum atomic E-state index is -0.0582. The van der Waals surface area contributed by atoms with Crippen molar-refractivity contribution in [2.24, 2.45) is 5.73 Å². The van der Waals surface area contributed by atoms with Crippen LogP contribution in [0.5, 0.6) is 0 Å². The van der Waals surface area contributed by atoms with Crippen LogP contribution in [-0.4, -0.2) is 24.0 Å². The SMILES string of the molecule is NCCCNC(=O)c1ccc2cnccc2c1. The van der Waals surface area contributed by atoms with Crippen LogP contribution in [-0.2, 0) is 0 Å². The Morgan fingerprint density at radius 1 is 1.29 bits per heavy atom. The average molecular weight is 229 g/mol. The minimum Gasteiger partial charge on any atom is -0.352 e. The summed E-state index contributed by atoms with van der Waals surface area (Å²) in [4.78, 5) is 15.8. The van der Waals surface area contributed by atoms with E-state index in [9.17, 15) is 4.79 Å². The van der Waals surface area contributed by atoms with Crippen LogP contribution < -0.4 is 11.1 Å². The highest BCUT2D eigenvalue weighted by molar-refractivity contribution is 5.98. The molecule has 0 radical (unpaired) electrons. The van der Waals surface area contributed by atoms with E-state index in [0.29, 0.717) is 18.7 Å². The third-order valence-electron chi connectivity index (χ3n) is 2.57. The number of fused-ring (bicyclic) bond motifs is 1. The number of pyridine rings is 1. The van der Waals surface area contributed by atoms with E-state index in [4.69, 9.17) is 5.73 Å². The van der Waals surface area contributed by atoms with Crippen molar-refractivity contribution in [3.8, 4) is 0 Å². The van der Waals surface area contributed by atoms with E-state index >= 15 is 0 Å². The topological polar surface area (TPSA) is 68.0 Å². The Hall–Kier alpha value is -1.94. The van der Waals surface area contributed by atoms with Gasteiger partial charge in [-0.1, -0.05) is 6.07 Å². The second-order valence-electron chi connectivity index (χ2n) is 3.84. The van der Waals surface area contributed by atoms with E-state index in [0.717, 1.165) is 17.2 Å². The molecule has 2 aromatic rings. The molecule has 0 fully saturated rings. The number of nitrogens with one attached hydrogen (secondary N) is 1. The normalized spacial score (nSPS) is 10.4. The van der Waals surface area contributed by atoms with Gasteiger partial charge in [0.05, 0.1) is 0 Å². The van der Waals surface area contributed by atoms with Gasteiger partial charge in [0.1, 0.15) is 0 Å². The van der Waals surface area contributed by atoms with Gasteiger partial charge in [-0.3, -0.25) is 9.78 Å². The second kappa shape index (κ2) is 5.41. The molecule has 1 heterocycles.